The molecule has 7 nitrogen and oxygen atoms in total. The van der Waals surface area contributed by atoms with Crippen LogP contribution in [-0.4, -0.2) is 49.0 Å². The fourth-order valence-corrected chi connectivity index (χ4v) is 5.51. The third kappa shape index (κ3) is 6.26. The Kier molecular flexibility index (Phi) is 8.76. The zero-order valence-corrected chi connectivity index (χ0v) is 24.1. The summed E-state index contributed by atoms with van der Waals surface area (Å²) in [5.74, 6) is -1.23. The lowest BCUT2D eigenvalue weighted by atomic mass is 9.77. The van der Waals surface area contributed by atoms with E-state index in [1.54, 1.807) is 0 Å². The number of aryl methyl sites for hydroxylation is 1. The lowest BCUT2D eigenvalue weighted by Crippen LogP contribution is -2.49. The van der Waals surface area contributed by atoms with Crippen LogP contribution in [0.15, 0.2) is 60.7 Å². The second kappa shape index (κ2) is 11.9. The Morgan fingerprint density at radius 2 is 1.80 bits per heavy atom. The van der Waals surface area contributed by atoms with Crippen molar-refractivity contribution in [1.82, 2.24) is 5.32 Å². The zero-order chi connectivity index (χ0) is 29.1. The molecule has 2 N–H and O–H groups in total. The number of amides is 1. The normalized spacial score (nSPS) is 21.2. The molecule has 7 heteroatoms. The molecule has 0 radical (unpaired) electrons. The fraction of sp³-hybridized carbons (Fsp3) is 0.424. The Labute approximate surface area is 236 Å². The highest BCUT2D eigenvalue weighted by Crippen LogP contribution is 2.40. The molecule has 5 rings (SSSR count). The summed E-state index contributed by atoms with van der Waals surface area (Å²) >= 11 is 0. The van der Waals surface area contributed by atoms with Crippen LogP contribution in [0.25, 0.3) is 10.8 Å². The molecule has 2 aliphatic heterocycles. The molecule has 212 valence electrons. The van der Waals surface area contributed by atoms with Crippen LogP contribution in [0.3, 0.4) is 0 Å². The lowest BCUT2D eigenvalue weighted by Gasteiger charge is -2.30. The molecule has 0 bridgehead atoms. The molecule has 0 aromatic heterocycles. The van der Waals surface area contributed by atoms with Crippen molar-refractivity contribution in [3.63, 3.8) is 0 Å². The van der Waals surface area contributed by atoms with Crippen LogP contribution in [0, 0.1) is 17.8 Å². The zero-order valence-electron chi connectivity index (χ0n) is 24.1. The standard InChI is InChI=1S/C25H27NO2.C8H13NO3/c1-17-12-13-22-21(14-17)24(28-15-23(27)26(22)16-25(2,3)4)20-11-7-9-18-8-5-6-10-19(18)20;1-6(10)8(7(11)12)3-2-4-9-5-8/h5-14,24H,15-16H2,1-4H3;9H,2-5H2,1H3,(H,11,12). The van der Waals surface area contributed by atoms with Gasteiger partial charge in [0.25, 0.3) is 5.91 Å². The number of carbonyl (C=O) groups is 3. The minimum absolute atomic E-state index is 0.00288. The van der Waals surface area contributed by atoms with Crippen LogP contribution >= 0.6 is 0 Å². The van der Waals surface area contributed by atoms with E-state index in [4.69, 9.17) is 9.84 Å². The second-order valence-electron chi connectivity index (χ2n) is 12.1. The molecule has 1 fully saturated rings. The van der Waals surface area contributed by atoms with Gasteiger partial charge >= 0.3 is 5.97 Å². The highest BCUT2D eigenvalue weighted by Gasteiger charge is 2.44. The van der Waals surface area contributed by atoms with Crippen molar-refractivity contribution >= 4 is 34.1 Å². The van der Waals surface area contributed by atoms with Crippen LogP contribution in [0.2, 0.25) is 0 Å². The molecule has 1 saturated heterocycles. The minimum atomic E-state index is -1.15. The van der Waals surface area contributed by atoms with Crippen molar-refractivity contribution in [2.24, 2.45) is 10.8 Å². The van der Waals surface area contributed by atoms with Crippen LogP contribution in [0.5, 0.6) is 0 Å². The fourth-order valence-electron chi connectivity index (χ4n) is 5.51. The van der Waals surface area contributed by atoms with Gasteiger partial charge in [-0.2, -0.15) is 0 Å². The molecule has 0 aliphatic carbocycles. The largest absolute Gasteiger partial charge is 0.480 e. The van der Waals surface area contributed by atoms with Gasteiger partial charge in [0.2, 0.25) is 0 Å². The van der Waals surface area contributed by atoms with Gasteiger partial charge in [0, 0.05) is 24.3 Å². The average Bonchev–Trinajstić information content (AvgIpc) is 3.04. The van der Waals surface area contributed by atoms with Gasteiger partial charge in [-0.3, -0.25) is 14.4 Å². The highest BCUT2D eigenvalue weighted by molar-refractivity contribution is 6.02. The summed E-state index contributed by atoms with van der Waals surface area (Å²) in [6.45, 7) is 11.7. The number of benzene rings is 3. The number of nitrogens with one attached hydrogen (secondary N) is 1. The van der Waals surface area contributed by atoms with Gasteiger partial charge in [-0.05, 0) is 61.1 Å². The number of ether oxygens (including phenoxy) is 1. The van der Waals surface area contributed by atoms with E-state index in [2.05, 4.69) is 87.6 Å². The van der Waals surface area contributed by atoms with E-state index in [0.717, 1.165) is 35.3 Å². The summed E-state index contributed by atoms with van der Waals surface area (Å²) in [6.07, 6.45) is 0.950. The minimum Gasteiger partial charge on any atom is -0.480 e. The summed E-state index contributed by atoms with van der Waals surface area (Å²) in [4.78, 5) is 36.9. The molecular weight excluding hydrogens is 504 g/mol. The predicted octanol–water partition coefficient (Wildman–Crippen LogP) is 5.68. The van der Waals surface area contributed by atoms with Crippen molar-refractivity contribution in [3.8, 4) is 0 Å². The Bertz CT molecular complexity index is 1380. The molecule has 1 amide bonds. The van der Waals surface area contributed by atoms with E-state index >= 15 is 0 Å². The van der Waals surface area contributed by atoms with Crippen LogP contribution < -0.4 is 10.2 Å². The van der Waals surface area contributed by atoms with E-state index < -0.39 is 11.4 Å². The van der Waals surface area contributed by atoms with Gasteiger partial charge in [-0.25, -0.2) is 0 Å². The van der Waals surface area contributed by atoms with Crippen LogP contribution in [-0.2, 0) is 19.1 Å². The average molecular weight is 545 g/mol. The number of hydrogen-bond donors (Lipinski definition) is 2. The molecule has 3 aromatic carbocycles. The first-order chi connectivity index (χ1) is 18.9. The number of ketones is 1. The molecule has 2 aliphatic rings. The van der Waals surface area contributed by atoms with E-state index in [9.17, 15) is 14.4 Å². The smallest absolute Gasteiger partial charge is 0.318 e. The monoisotopic (exact) mass is 544 g/mol. The SMILES string of the molecule is CC(=O)C1(C(=O)O)CCCNC1.Cc1ccc2c(c1)C(c1cccc3ccccc13)OCC(=O)N2CC(C)(C)C. The highest BCUT2D eigenvalue weighted by atomic mass is 16.5. The number of fused-ring (bicyclic) bond motifs is 2. The second-order valence-corrected chi connectivity index (χ2v) is 12.1. The summed E-state index contributed by atoms with van der Waals surface area (Å²) < 4.78 is 6.24. The topological polar surface area (TPSA) is 95.9 Å². The van der Waals surface area contributed by atoms with E-state index in [1.807, 2.05) is 11.0 Å². The maximum atomic E-state index is 13.0. The summed E-state index contributed by atoms with van der Waals surface area (Å²) in [5, 5.41) is 14.2. The Hall–Kier alpha value is -3.55. The number of Topliss-reactive ketones (excluding diaryl/α,β-unsaturated/α-hetero) is 1. The first-order valence-corrected chi connectivity index (χ1v) is 13.9. The van der Waals surface area contributed by atoms with E-state index in [0.29, 0.717) is 13.0 Å². The molecule has 2 atom stereocenters. The van der Waals surface area contributed by atoms with Gasteiger partial charge in [0.1, 0.15) is 23.9 Å². The van der Waals surface area contributed by atoms with E-state index in [1.165, 1.54) is 17.7 Å². The Morgan fingerprint density at radius 1 is 1.07 bits per heavy atom. The quantitative estimate of drug-likeness (QED) is 0.411. The third-order valence-corrected chi connectivity index (χ3v) is 7.64. The molecule has 2 unspecified atom stereocenters. The van der Waals surface area contributed by atoms with Crippen molar-refractivity contribution in [1.29, 1.82) is 0 Å². The number of rotatable bonds is 4. The Morgan fingerprint density at radius 3 is 2.42 bits per heavy atom. The number of aliphatic carboxylic acids is 1. The molecular formula is C33H40N2O5. The molecule has 40 heavy (non-hydrogen) atoms. The van der Waals surface area contributed by atoms with Gasteiger partial charge in [-0.15, -0.1) is 0 Å². The van der Waals surface area contributed by atoms with Crippen molar-refractivity contribution in [2.75, 3.05) is 31.1 Å². The number of hydrogen-bond acceptors (Lipinski definition) is 5. The summed E-state index contributed by atoms with van der Waals surface area (Å²) in [6, 6.07) is 20.9. The molecule has 0 saturated carbocycles. The maximum Gasteiger partial charge on any atom is 0.318 e. The summed E-state index contributed by atoms with van der Waals surface area (Å²) in [7, 11) is 0. The number of anilines is 1. The van der Waals surface area contributed by atoms with Crippen LogP contribution in [0.1, 0.15) is 63.3 Å². The number of nitrogens with zero attached hydrogens (tertiary/aromatic N) is 1. The van der Waals surface area contributed by atoms with Crippen molar-refractivity contribution in [2.45, 2.75) is 53.6 Å². The van der Waals surface area contributed by atoms with Crippen molar-refractivity contribution in [3.05, 3.63) is 77.4 Å². The molecule has 0 spiro atoms. The van der Waals surface area contributed by atoms with Crippen molar-refractivity contribution < 1.29 is 24.2 Å². The van der Waals surface area contributed by atoms with E-state index in [-0.39, 0.29) is 36.4 Å². The lowest BCUT2D eigenvalue weighted by molar-refractivity contribution is -0.155. The Balaban J connectivity index is 0.000000259. The maximum absolute atomic E-state index is 13.0. The first-order valence-electron chi connectivity index (χ1n) is 13.9. The van der Waals surface area contributed by atoms with Gasteiger partial charge in [0.15, 0.2) is 0 Å². The number of piperidine rings is 1. The molecule has 3 aromatic rings. The third-order valence-electron chi connectivity index (χ3n) is 7.64. The van der Waals surface area contributed by atoms with Gasteiger partial charge in [0.05, 0.1) is 0 Å². The predicted molar refractivity (Wildman–Crippen MR) is 158 cm³/mol. The summed E-state index contributed by atoms with van der Waals surface area (Å²) in [5.41, 5.74) is 3.13. The number of carbonyl (C=O) groups excluding carboxylic acids is 2. The number of carboxylic acid groups (broad SMARTS) is 1. The molecule has 2 heterocycles. The van der Waals surface area contributed by atoms with Gasteiger partial charge < -0.3 is 20.1 Å². The number of carboxylic acids is 1. The van der Waals surface area contributed by atoms with Crippen LogP contribution in [0.4, 0.5) is 5.69 Å². The first kappa shape index (κ1) is 29.4. The van der Waals surface area contributed by atoms with Gasteiger partial charge in [-0.1, -0.05) is 80.9 Å².